The van der Waals surface area contributed by atoms with E-state index in [0.29, 0.717) is 6.42 Å². The molecule has 0 spiro atoms. The fraction of sp³-hybridized carbons (Fsp3) is 0.333. The second kappa shape index (κ2) is 6.97. The van der Waals surface area contributed by atoms with Crippen LogP contribution in [0.25, 0.3) is 0 Å². The Morgan fingerprint density at radius 3 is 2.89 bits per heavy atom. The molecule has 0 aliphatic carbocycles. The molecule has 4 heteroatoms. The van der Waals surface area contributed by atoms with Crippen molar-refractivity contribution < 1.29 is 9.15 Å². The van der Waals surface area contributed by atoms with Gasteiger partial charge in [0.25, 0.3) is 0 Å². The van der Waals surface area contributed by atoms with Crippen molar-refractivity contribution in [2.45, 2.75) is 25.8 Å². The van der Waals surface area contributed by atoms with Crippen molar-refractivity contribution in [1.29, 1.82) is 0 Å². The first-order valence-electron chi connectivity index (χ1n) is 6.54. The highest BCUT2D eigenvalue weighted by Crippen LogP contribution is 2.22. The van der Waals surface area contributed by atoms with Crippen LogP contribution in [0.2, 0.25) is 0 Å². The van der Waals surface area contributed by atoms with E-state index in [-0.39, 0.29) is 6.04 Å². The van der Waals surface area contributed by atoms with E-state index in [0.717, 1.165) is 30.1 Å². The first kappa shape index (κ1) is 13.6. The molecule has 1 heterocycles. The van der Waals surface area contributed by atoms with Crippen LogP contribution in [0.1, 0.15) is 30.7 Å². The summed E-state index contributed by atoms with van der Waals surface area (Å²) in [6.07, 6.45) is 3.37. The predicted molar refractivity (Wildman–Crippen MR) is 74.7 cm³/mol. The van der Waals surface area contributed by atoms with Crippen molar-refractivity contribution in [3.63, 3.8) is 0 Å². The average molecular weight is 260 g/mol. The number of hydrogen-bond donors (Lipinski definition) is 2. The number of hydrogen-bond acceptors (Lipinski definition) is 4. The summed E-state index contributed by atoms with van der Waals surface area (Å²) in [5, 5.41) is 0. The van der Waals surface area contributed by atoms with E-state index >= 15 is 0 Å². The van der Waals surface area contributed by atoms with Crippen molar-refractivity contribution >= 4 is 0 Å². The van der Waals surface area contributed by atoms with Crippen molar-refractivity contribution in [3.05, 3.63) is 54.0 Å². The van der Waals surface area contributed by atoms with Crippen LogP contribution < -0.4 is 16.0 Å². The van der Waals surface area contributed by atoms with E-state index in [4.69, 9.17) is 15.0 Å². The molecule has 19 heavy (non-hydrogen) atoms. The van der Waals surface area contributed by atoms with Crippen molar-refractivity contribution in [2.75, 3.05) is 6.61 Å². The lowest BCUT2D eigenvalue weighted by Crippen LogP contribution is -2.29. The molecular formula is C15H20N2O2. The molecule has 1 aromatic carbocycles. The van der Waals surface area contributed by atoms with Gasteiger partial charge in [0.15, 0.2) is 0 Å². The predicted octanol–water partition coefficient (Wildman–Crippen LogP) is 2.82. The van der Waals surface area contributed by atoms with Gasteiger partial charge < -0.3 is 9.15 Å². The minimum Gasteiger partial charge on any atom is -0.494 e. The fourth-order valence-electron chi connectivity index (χ4n) is 1.94. The molecule has 0 aliphatic rings. The number of hydrazine groups is 1. The fourth-order valence-corrected chi connectivity index (χ4v) is 1.94. The Kier molecular flexibility index (Phi) is 5.01. The lowest BCUT2D eigenvalue weighted by atomic mass is 10.0. The van der Waals surface area contributed by atoms with Crippen LogP contribution in [0.15, 0.2) is 47.1 Å². The van der Waals surface area contributed by atoms with Gasteiger partial charge in [-0.15, -0.1) is 0 Å². The molecule has 0 radical (unpaired) electrons. The Balaban J connectivity index is 2.09. The molecule has 0 bridgehead atoms. The number of benzene rings is 1. The van der Waals surface area contributed by atoms with Crippen LogP contribution in [0, 0.1) is 0 Å². The van der Waals surface area contributed by atoms with Crippen LogP contribution in [0.5, 0.6) is 5.75 Å². The molecule has 0 amide bonds. The average Bonchev–Trinajstić information content (AvgIpc) is 2.96. The van der Waals surface area contributed by atoms with Gasteiger partial charge in [0.2, 0.25) is 0 Å². The molecule has 1 atom stereocenters. The van der Waals surface area contributed by atoms with E-state index < -0.39 is 0 Å². The van der Waals surface area contributed by atoms with Gasteiger partial charge in [-0.1, -0.05) is 19.1 Å². The third-order valence-electron chi connectivity index (χ3n) is 2.92. The summed E-state index contributed by atoms with van der Waals surface area (Å²) in [6.45, 7) is 2.81. The maximum Gasteiger partial charge on any atom is 0.119 e. The van der Waals surface area contributed by atoms with Gasteiger partial charge in [0.05, 0.1) is 18.9 Å². The summed E-state index contributed by atoms with van der Waals surface area (Å²) >= 11 is 0. The highest BCUT2D eigenvalue weighted by Gasteiger charge is 2.12. The van der Waals surface area contributed by atoms with Crippen LogP contribution >= 0.6 is 0 Å². The van der Waals surface area contributed by atoms with E-state index in [9.17, 15) is 0 Å². The molecule has 1 unspecified atom stereocenters. The van der Waals surface area contributed by atoms with Gasteiger partial charge in [-0.3, -0.25) is 11.3 Å². The van der Waals surface area contributed by atoms with Crippen molar-refractivity contribution in [2.24, 2.45) is 5.84 Å². The smallest absolute Gasteiger partial charge is 0.119 e. The Hall–Kier alpha value is -1.78. The van der Waals surface area contributed by atoms with Gasteiger partial charge in [0, 0.05) is 6.42 Å². The molecular weight excluding hydrogens is 240 g/mol. The normalized spacial score (nSPS) is 12.3. The van der Waals surface area contributed by atoms with Gasteiger partial charge in [-0.2, -0.15) is 0 Å². The van der Waals surface area contributed by atoms with Crippen molar-refractivity contribution in [3.8, 4) is 5.75 Å². The summed E-state index contributed by atoms with van der Waals surface area (Å²) in [6, 6.07) is 11.8. The highest BCUT2D eigenvalue weighted by atomic mass is 16.5. The molecule has 0 saturated heterocycles. The minimum atomic E-state index is 0.0105. The third-order valence-corrected chi connectivity index (χ3v) is 2.92. The minimum absolute atomic E-state index is 0.0105. The molecule has 4 nitrogen and oxygen atoms in total. The Labute approximate surface area is 113 Å². The Morgan fingerprint density at radius 1 is 1.32 bits per heavy atom. The largest absolute Gasteiger partial charge is 0.494 e. The van der Waals surface area contributed by atoms with E-state index in [1.807, 2.05) is 36.4 Å². The maximum absolute atomic E-state index is 5.64. The lowest BCUT2D eigenvalue weighted by Gasteiger charge is -2.16. The summed E-state index contributed by atoms with van der Waals surface area (Å²) in [4.78, 5) is 0. The zero-order valence-electron chi connectivity index (χ0n) is 11.1. The van der Waals surface area contributed by atoms with Crippen LogP contribution in [-0.4, -0.2) is 6.61 Å². The SMILES string of the molecule is CCCOc1cccc(C(Cc2ccco2)NN)c1. The Bertz CT molecular complexity index is 483. The van der Waals surface area contributed by atoms with Gasteiger partial charge >= 0.3 is 0 Å². The van der Waals surface area contributed by atoms with E-state index in [1.54, 1.807) is 6.26 Å². The summed E-state index contributed by atoms with van der Waals surface area (Å²) in [5.74, 6) is 7.42. The number of rotatable bonds is 7. The Morgan fingerprint density at radius 2 is 2.21 bits per heavy atom. The second-order valence-electron chi connectivity index (χ2n) is 4.42. The lowest BCUT2D eigenvalue weighted by molar-refractivity contribution is 0.316. The van der Waals surface area contributed by atoms with Crippen molar-refractivity contribution in [1.82, 2.24) is 5.43 Å². The molecule has 3 N–H and O–H groups in total. The molecule has 1 aromatic heterocycles. The number of furan rings is 1. The standard InChI is InChI=1S/C15H20N2O2/c1-2-8-18-13-6-3-5-12(10-13)15(17-16)11-14-7-4-9-19-14/h3-7,9-10,15,17H,2,8,11,16H2,1H3. The van der Waals surface area contributed by atoms with Gasteiger partial charge in [-0.05, 0) is 36.2 Å². The zero-order valence-corrected chi connectivity index (χ0v) is 11.1. The first-order chi connectivity index (χ1) is 9.33. The molecule has 102 valence electrons. The van der Waals surface area contributed by atoms with Crippen LogP contribution in [0.3, 0.4) is 0 Å². The molecule has 0 aliphatic heterocycles. The number of nitrogens with two attached hydrogens (primary N) is 1. The van der Waals surface area contributed by atoms with Crippen LogP contribution in [0.4, 0.5) is 0 Å². The van der Waals surface area contributed by atoms with E-state index in [1.165, 1.54) is 0 Å². The molecule has 2 rings (SSSR count). The monoisotopic (exact) mass is 260 g/mol. The zero-order chi connectivity index (χ0) is 13.5. The van der Waals surface area contributed by atoms with Crippen LogP contribution in [-0.2, 0) is 6.42 Å². The third kappa shape index (κ3) is 3.84. The molecule has 0 fully saturated rings. The molecule has 0 saturated carbocycles. The van der Waals surface area contributed by atoms with Gasteiger partial charge in [-0.25, -0.2) is 0 Å². The number of ether oxygens (including phenoxy) is 1. The second-order valence-corrected chi connectivity index (χ2v) is 4.42. The maximum atomic E-state index is 5.64. The summed E-state index contributed by atoms with van der Waals surface area (Å²) < 4.78 is 11.0. The summed E-state index contributed by atoms with van der Waals surface area (Å²) in [5.41, 5.74) is 3.91. The first-order valence-corrected chi connectivity index (χ1v) is 6.54. The quantitative estimate of drug-likeness (QED) is 0.593. The number of nitrogens with one attached hydrogen (secondary N) is 1. The summed E-state index contributed by atoms with van der Waals surface area (Å²) in [7, 11) is 0. The molecule has 2 aromatic rings. The topological polar surface area (TPSA) is 60.4 Å². The van der Waals surface area contributed by atoms with E-state index in [2.05, 4.69) is 12.3 Å². The highest BCUT2D eigenvalue weighted by molar-refractivity contribution is 5.31. The van der Waals surface area contributed by atoms with Gasteiger partial charge in [0.1, 0.15) is 11.5 Å².